The van der Waals surface area contributed by atoms with E-state index in [-0.39, 0.29) is 18.9 Å². The quantitative estimate of drug-likeness (QED) is 0.765. The van der Waals surface area contributed by atoms with E-state index in [1.165, 1.54) is 21.8 Å². The van der Waals surface area contributed by atoms with Gasteiger partial charge in [0.05, 0.1) is 13.0 Å². The summed E-state index contributed by atoms with van der Waals surface area (Å²) < 4.78 is 2.33. The Morgan fingerprint density at radius 3 is 2.61 bits per heavy atom. The van der Waals surface area contributed by atoms with Crippen LogP contribution in [0.15, 0.2) is 36.4 Å². The van der Waals surface area contributed by atoms with Crippen molar-refractivity contribution >= 4 is 33.4 Å². The van der Waals surface area contributed by atoms with Crippen molar-refractivity contribution < 1.29 is 9.90 Å². The Morgan fingerprint density at radius 2 is 1.91 bits per heavy atom. The number of anilines is 1. The Balaban J connectivity index is 2.25. The van der Waals surface area contributed by atoms with Crippen LogP contribution < -0.4 is 5.32 Å². The fourth-order valence-corrected chi connectivity index (χ4v) is 3.27. The van der Waals surface area contributed by atoms with Crippen LogP contribution in [-0.4, -0.2) is 22.2 Å². The third-order valence-electron chi connectivity index (χ3n) is 4.26. The minimum absolute atomic E-state index is 0.116. The van der Waals surface area contributed by atoms with Crippen LogP contribution in [0.4, 0.5) is 5.69 Å². The fourth-order valence-electron chi connectivity index (χ4n) is 3.27. The lowest BCUT2D eigenvalue weighted by Crippen LogP contribution is -2.13. The number of benzene rings is 2. The number of para-hydroxylation sites is 1. The number of fused-ring (bicyclic) bond motifs is 3. The Kier molecular flexibility index (Phi) is 4.09. The molecule has 0 saturated heterocycles. The molecular weight excluding hydrogens is 288 g/mol. The molecule has 3 aromatic rings. The van der Waals surface area contributed by atoms with Gasteiger partial charge in [-0.15, -0.1) is 0 Å². The Labute approximate surface area is 135 Å². The van der Waals surface area contributed by atoms with E-state index >= 15 is 0 Å². The molecule has 0 fully saturated rings. The van der Waals surface area contributed by atoms with E-state index in [0.29, 0.717) is 6.04 Å². The topological polar surface area (TPSA) is 54.3 Å². The van der Waals surface area contributed by atoms with Gasteiger partial charge in [-0.2, -0.15) is 0 Å². The predicted molar refractivity (Wildman–Crippen MR) is 94.9 cm³/mol. The summed E-state index contributed by atoms with van der Waals surface area (Å²) in [6, 6.07) is 12.7. The summed E-state index contributed by atoms with van der Waals surface area (Å²) >= 11 is 0. The molecule has 4 nitrogen and oxygen atoms in total. The molecule has 0 aliphatic carbocycles. The van der Waals surface area contributed by atoms with Gasteiger partial charge in [0, 0.05) is 33.5 Å². The zero-order valence-corrected chi connectivity index (χ0v) is 13.8. The number of aliphatic hydroxyl groups is 1. The number of hydrogen-bond acceptors (Lipinski definition) is 2. The number of carbonyl (C=O) groups excluding carboxylic acids is 1. The van der Waals surface area contributed by atoms with Crippen LogP contribution in [-0.2, 0) is 4.79 Å². The standard InChI is InChI=1S/C19H22N2O2/c1-12(2)21-16-7-5-4-6-14(16)19-13(3)15(8-9-17(19)21)20-18(23)10-11-22/h4-9,12,22H,10-11H2,1-3H3,(H,20,23). The summed E-state index contributed by atoms with van der Waals surface area (Å²) in [5.41, 5.74) is 4.25. The first kappa shape index (κ1) is 15.6. The van der Waals surface area contributed by atoms with Gasteiger partial charge < -0.3 is 15.0 Å². The van der Waals surface area contributed by atoms with Gasteiger partial charge in [0.2, 0.25) is 5.91 Å². The second kappa shape index (κ2) is 6.05. The monoisotopic (exact) mass is 310 g/mol. The Bertz CT molecular complexity index is 878. The molecule has 0 aliphatic heterocycles. The van der Waals surface area contributed by atoms with Gasteiger partial charge >= 0.3 is 0 Å². The van der Waals surface area contributed by atoms with Gasteiger partial charge in [-0.05, 0) is 44.5 Å². The minimum Gasteiger partial charge on any atom is -0.396 e. The number of hydrogen-bond donors (Lipinski definition) is 2. The van der Waals surface area contributed by atoms with Crippen molar-refractivity contribution in [3.63, 3.8) is 0 Å². The van der Waals surface area contributed by atoms with E-state index in [4.69, 9.17) is 5.11 Å². The molecule has 3 rings (SSSR count). The molecule has 0 unspecified atom stereocenters. The van der Waals surface area contributed by atoms with Crippen LogP contribution in [0.5, 0.6) is 0 Å². The third-order valence-corrected chi connectivity index (χ3v) is 4.26. The molecule has 1 heterocycles. The Hall–Kier alpha value is -2.33. The van der Waals surface area contributed by atoms with Gasteiger partial charge in [-0.3, -0.25) is 4.79 Å². The number of aromatic nitrogens is 1. The molecule has 0 aliphatic rings. The molecule has 23 heavy (non-hydrogen) atoms. The molecule has 2 N–H and O–H groups in total. The third kappa shape index (κ3) is 2.59. The molecular formula is C19H22N2O2. The molecule has 0 atom stereocenters. The highest BCUT2D eigenvalue weighted by Gasteiger charge is 2.16. The van der Waals surface area contributed by atoms with E-state index in [1.807, 2.05) is 19.1 Å². The van der Waals surface area contributed by atoms with Crippen molar-refractivity contribution in [3.05, 3.63) is 42.0 Å². The molecule has 2 aromatic carbocycles. The van der Waals surface area contributed by atoms with Crippen molar-refractivity contribution in [1.29, 1.82) is 0 Å². The van der Waals surface area contributed by atoms with Gasteiger partial charge in [0.15, 0.2) is 0 Å². The summed E-state index contributed by atoms with van der Waals surface area (Å²) in [6.07, 6.45) is 0.116. The Morgan fingerprint density at radius 1 is 1.17 bits per heavy atom. The lowest BCUT2D eigenvalue weighted by atomic mass is 10.1. The largest absolute Gasteiger partial charge is 0.396 e. The van der Waals surface area contributed by atoms with Crippen molar-refractivity contribution in [2.45, 2.75) is 33.2 Å². The highest BCUT2D eigenvalue weighted by Crippen LogP contribution is 2.36. The first-order chi connectivity index (χ1) is 11.0. The highest BCUT2D eigenvalue weighted by atomic mass is 16.3. The maximum absolute atomic E-state index is 11.8. The van der Waals surface area contributed by atoms with Crippen LogP contribution in [0.3, 0.4) is 0 Å². The second-order valence-corrected chi connectivity index (χ2v) is 6.13. The maximum atomic E-state index is 11.8. The summed E-state index contributed by atoms with van der Waals surface area (Å²) in [7, 11) is 0. The van der Waals surface area contributed by atoms with Crippen LogP contribution in [0.2, 0.25) is 0 Å². The van der Waals surface area contributed by atoms with Gasteiger partial charge in [-0.25, -0.2) is 0 Å². The number of nitrogens with one attached hydrogen (secondary N) is 1. The maximum Gasteiger partial charge on any atom is 0.226 e. The van der Waals surface area contributed by atoms with E-state index in [1.54, 1.807) is 0 Å². The molecule has 0 saturated carbocycles. The van der Waals surface area contributed by atoms with Crippen molar-refractivity contribution in [1.82, 2.24) is 4.57 Å². The van der Waals surface area contributed by atoms with E-state index in [9.17, 15) is 4.79 Å². The second-order valence-electron chi connectivity index (χ2n) is 6.13. The smallest absolute Gasteiger partial charge is 0.226 e. The van der Waals surface area contributed by atoms with Crippen LogP contribution in [0, 0.1) is 6.92 Å². The molecule has 0 bridgehead atoms. The number of aryl methyl sites for hydroxylation is 1. The zero-order valence-electron chi connectivity index (χ0n) is 13.8. The number of aliphatic hydroxyl groups excluding tert-OH is 1. The molecule has 1 amide bonds. The van der Waals surface area contributed by atoms with Gasteiger partial charge in [0.1, 0.15) is 0 Å². The minimum atomic E-state index is -0.164. The molecule has 0 radical (unpaired) electrons. The van der Waals surface area contributed by atoms with Crippen molar-refractivity contribution in [2.75, 3.05) is 11.9 Å². The summed E-state index contributed by atoms with van der Waals surface area (Å²) in [6.45, 7) is 6.25. The highest BCUT2D eigenvalue weighted by molar-refractivity contribution is 6.12. The SMILES string of the molecule is Cc1c(NC(=O)CCO)ccc2c1c1ccccc1n2C(C)C. The number of rotatable bonds is 4. The summed E-state index contributed by atoms with van der Waals surface area (Å²) in [5, 5.41) is 14.2. The van der Waals surface area contributed by atoms with Gasteiger partial charge in [-0.1, -0.05) is 18.2 Å². The van der Waals surface area contributed by atoms with Crippen molar-refractivity contribution in [3.8, 4) is 0 Å². The molecule has 1 aromatic heterocycles. The lowest BCUT2D eigenvalue weighted by Gasteiger charge is -2.13. The average Bonchev–Trinajstić information content (AvgIpc) is 2.85. The molecule has 120 valence electrons. The summed E-state index contributed by atoms with van der Waals surface area (Å²) in [5.74, 6) is -0.164. The number of amides is 1. The van der Waals surface area contributed by atoms with E-state index in [0.717, 1.165) is 11.3 Å². The number of carbonyl (C=O) groups is 1. The predicted octanol–water partition coefficient (Wildman–Crippen LogP) is 4.00. The van der Waals surface area contributed by atoms with Crippen molar-refractivity contribution in [2.24, 2.45) is 0 Å². The average molecular weight is 310 g/mol. The van der Waals surface area contributed by atoms with E-state index in [2.05, 4.69) is 48.0 Å². The summed E-state index contributed by atoms with van der Waals surface area (Å²) in [4.78, 5) is 11.8. The fraction of sp³-hybridized carbons (Fsp3) is 0.316. The van der Waals surface area contributed by atoms with Crippen LogP contribution in [0.1, 0.15) is 31.9 Å². The normalized spacial score (nSPS) is 11.5. The van der Waals surface area contributed by atoms with Crippen LogP contribution >= 0.6 is 0 Å². The van der Waals surface area contributed by atoms with Gasteiger partial charge in [0.25, 0.3) is 0 Å². The molecule has 0 spiro atoms. The lowest BCUT2D eigenvalue weighted by molar-refractivity contribution is -0.116. The zero-order chi connectivity index (χ0) is 16.6. The first-order valence-corrected chi connectivity index (χ1v) is 7.97. The molecule has 4 heteroatoms. The van der Waals surface area contributed by atoms with Crippen LogP contribution in [0.25, 0.3) is 21.8 Å². The number of nitrogens with zero attached hydrogens (tertiary/aromatic N) is 1. The first-order valence-electron chi connectivity index (χ1n) is 7.97. The van der Waals surface area contributed by atoms with E-state index < -0.39 is 0 Å².